The van der Waals surface area contributed by atoms with Gasteiger partial charge in [0.1, 0.15) is 23.5 Å². The Hall–Kier alpha value is -2.84. The molecule has 1 aromatic carbocycles. The molecule has 4 rings (SSSR count). The lowest BCUT2D eigenvalue weighted by Gasteiger charge is -2.36. The highest BCUT2D eigenvalue weighted by Gasteiger charge is 2.23. The molecule has 1 fully saturated rings. The van der Waals surface area contributed by atoms with Crippen LogP contribution in [0.5, 0.6) is 5.75 Å². The van der Waals surface area contributed by atoms with Crippen molar-refractivity contribution in [3.05, 3.63) is 47.2 Å². The number of amides is 1. The molecule has 8 nitrogen and oxygen atoms in total. The maximum absolute atomic E-state index is 12.9. The zero-order chi connectivity index (χ0) is 20.4. The average Bonchev–Trinajstić information content (AvgIpc) is 3.12. The molecule has 0 saturated carbocycles. The molecular weight excluding hydrogens is 392 g/mol. The first-order valence-electron chi connectivity index (χ1n) is 9.47. The van der Waals surface area contributed by atoms with E-state index in [4.69, 9.17) is 22.1 Å². The first-order valence-corrected chi connectivity index (χ1v) is 9.85. The summed E-state index contributed by atoms with van der Waals surface area (Å²) >= 11 is 6.11. The van der Waals surface area contributed by atoms with Crippen molar-refractivity contribution < 1.29 is 9.53 Å². The maximum Gasteiger partial charge on any atom is 0.244 e. The second-order valence-corrected chi connectivity index (χ2v) is 7.27. The van der Waals surface area contributed by atoms with Gasteiger partial charge in [-0.05, 0) is 24.3 Å². The molecule has 2 aromatic heterocycles. The number of hydrogen-bond acceptors (Lipinski definition) is 6. The second kappa shape index (κ2) is 8.26. The van der Waals surface area contributed by atoms with Gasteiger partial charge in [-0.15, -0.1) is 0 Å². The van der Waals surface area contributed by atoms with Gasteiger partial charge >= 0.3 is 0 Å². The quantitative estimate of drug-likeness (QED) is 0.685. The molecule has 1 aliphatic heterocycles. The van der Waals surface area contributed by atoms with Crippen molar-refractivity contribution in [1.29, 1.82) is 0 Å². The van der Waals surface area contributed by atoms with E-state index in [1.807, 2.05) is 35.2 Å². The van der Waals surface area contributed by atoms with Crippen molar-refractivity contribution in [2.45, 2.75) is 13.1 Å². The number of carbonyl (C=O) groups is 1. The fourth-order valence-corrected chi connectivity index (χ4v) is 3.81. The minimum atomic E-state index is 0.0372. The highest BCUT2D eigenvalue weighted by atomic mass is 35.5. The molecule has 152 valence electrons. The molecule has 0 atom stereocenters. The van der Waals surface area contributed by atoms with Gasteiger partial charge in [0.05, 0.1) is 17.6 Å². The predicted molar refractivity (Wildman–Crippen MR) is 112 cm³/mol. The van der Waals surface area contributed by atoms with E-state index in [1.165, 1.54) is 0 Å². The fourth-order valence-electron chi connectivity index (χ4n) is 3.62. The normalized spacial score (nSPS) is 14.4. The maximum atomic E-state index is 12.9. The third-order valence-corrected chi connectivity index (χ3v) is 5.50. The molecule has 0 spiro atoms. The monoisotopic (exact) mass is 414 g/mol. The van der Waals surface area contributed by atoms with E-state index in [1.54, 1.807) is 18.0 Å². The fraction of sp³-hybridized carbons (Fsp3) is 0.350. The van der Waals surface area contributed by atoms with Crippen molar-refractivity contribution in [3.63, 3.8) is 0 Å². The standard InChI is InChI=1S/C20H23ClN6O2/c1-29-18-11-14(4-5-15(18)21)25-7-9-26(10-8-25)19(28)13-27-17-3-2-6-23-20(17)16(12-22)24-27/h2-6,11H,7-10,12-13,22H2,1H3. The number of piperazine rings is 1. The van der Waals surface area contributed by atoms with Crippen LogP contribution in [0.15, 0.2) is 36.5 Å². The summed E-state index contributed by atoms with van der Waals surface area (Å²) in [5, 5.41) is 5.06. The van der Waals surface area contributed by atoms with E-state index in [-0.39, 0.29) is 19.0 Å². The Kier molecular flexibility index (Phi) is 5.55. The number of benzene rings is 1. The minimum absolute atomic E-state index is 0.0372. The number of carbonyl (C=O) groups excluding carboxylic acids is 1. The van der Waals surface area contributed by atoms with E-state index in [0.717, 1.165) is 29.8 Å². The molecule has 0 aliphatic carbocycles. The molecule has 1 aliphatic rings. The zero-order valence-corrected chi connectivity index (χ0v) is 17.0. The van der Waals surface area contributed by atoms with Crippen molar-refractivity contribution in [2.75, 3.05) is 38.2 Å². The summed E-state index contributed by atoms with van der Waals surface area (Å²) in [6, 6.07) is 9.48. The van der Waals surface area contributed by atoms with Gasteiger partial charge in [-0.25, -0.2) is 0 Å². The number of nitrogens with zero attached hydrogens (tertiary/aromatic N) is 5. The molecule has 1 amide bonds. The van der Waals surface area contributed by atoms with Gasteiger partial charge in [-0.2, -0.15) is 5.10 Å². The molecular formula is C20H23ClN6O2. The van der Waals surface area contributed by atoms with Gasteiger partial charge in [-0.1, -0.05) is 11.6 Å². The van der Waals surface area contributed by atoms with Crippen LogP contribution in [0.2, 0.25) is 5.02 Å². The van der Waals surface area contributed by atoms with Crippen molar-refractivity contribution in [1.82, 2.24) is 19.7 Å². The van der Waals surface area contributed by atoms with Gasteiger partial charge in [-0.3, -0.25) is 14.5 Å². The molecule has 0 bridgehead atoms. The summed E-state index contributed by atoms with van der Waals surface area (Å²) in [7, 11) is 1.60. The molecule has 1 saturated heterocycles. The van der Waals surface area contributed by atoms with Crippen LogP contribution in [-0.4, -0.2) is 58.9 Å². The lowest BCUT2D eigenvalue weighted by molar-refractivity contribution is -0.132. The van der Waals surface area contributed by atoms with Crippen LogP contribution in [0.4, 0.5) is 5.69 Å². The number of methoxy groups -OCH3 is 1. The number of anilines is 1. The van der Waals surface area contributed by atoms with E-state index in [0.29, 0.717) is 29.6 Å². The van der Waals surface area contributed by atoms with Gasteiger partial charge in [0, 0.05) is 50.7 Å². The van der Waals surface area contributed by atoms with Gasteiger partial charge in [0.15, 0.2) is 0 Å². The average molecular weight is 415 g/mol. The smallest absolute Gasteiger partial charge is 0.244 e. The number of nitrogens with two attached hydrogens (primary N) is 1. The van der Waals surface area contributed by atoms with E-state index >= 15 is 0 Å². The van der Waals surface area contributed by atoms with Crippen LogP contribution in [0.25, 0.3) is 11.0 Å². The number of fused-ring (bicyclic) bond motifs is 1. The summed E-state index contributed by atoms with van der Waals surface area (Å²) in [5.41, 5.74) is 9.09. The Morgan fingerprint density at radius 2 is 2.03 bits per heavy atom. The number of aromatic nitrogens is 3. The van der Waals surface area contributed by atoms with Crippen molar-refractivity contribution in [2.24, 2.45) is 5.73 Å². The van der Waals surface area contributed by atoms with Crippen LogP contribution in [0, 0.1) is 0 Å². The van der Waals surface area contributed by atoms with Gasteiger partial charge in [0.2, 0.25) is 5.91 Å². The van der Waals surface area contributed by atoms with E-state index in [9.17, 15) is 4.79 Å². The van der Waals surface area contributed by atoms with Crippen LogP contribution in [-0.2, 0) is 17.9 Å². The van der Waals surface area contributed by atoms with Crippen molar-refractivity contribution >= 4 is 34.2 Å². The summed E-state index contributed by atoms with van der Waals surface area (Å²) in [6.45, 7) is 3.24. The van der Waals surface area contributed by atoms with Crippen molar-refractivity contribution in [3.8, 4) is 5.75 Å². The summed E-state index contributed by atoms with van der Waals surface area (Å²) in [6.07, 6.45) is 1.71. The second-order valence-electron chi connectivity index (χ2n) is 6.87. The zero-order valence-electron chi connectivity index (χ0n) is 16.2. The molecule has 3 aromatic rings. The number of rotatable bonds is 5. The molecule has 9 heteroatoms. The topological polar surface area (TPSA) is 89.5 Å². The number of pyridine rings is 1. The number of hydrogen-bond donors (Lipinski definition) is 1. The number of halogens is 1. The highest BCUT2D eigenvalue weighted by molar-refractivity contribution is 6.32. The summed E-state index contributed by atoms with van der Waals surface area (Å²) in [4.78, 5) is 21.3. The Balaban J connectivity index is 1.42. The van der Waals surface area contributed by atoms with Gasteiger partial charge < -0.3 is 20.3 Å². The first kappa shape index (κ1) is 19.5. The molecule has 0 unspecified atom stereocenters. The summed E-state index contributed by atoms with van der Waals surface area (Å²) in [5.74, 6) is 0.688. The summed E-state index contributed by atoms with van der Waals surface area (Å²) < 4.78 is 7.00. The van der Waals surface area contributed by atoms with Crippen LogP contribution < -0.4 is 15.4 Å². The lowest BCUT2D eigenvalue weighted by atomic mass is 10.2. The highest BCUT2D eigenvalue weighted by Crippen LogP contribution is 2.29. The van der Waals surface area contributed by atoms with E-state index in [2.05, 4.69) is 15.0 Å². The minimum Gasteiger partial charge on any atom is -0.495 e. The molecule has 3 heterocycles. The third-order valence-electron chi connectivity index (χ3n) is 5.19. The van der Waals surface area contributed by atoms with Crippen LogP contribution >= 0.6 is 11.6 Å². The lowest BCUT2D eigenvalue weighted by Crippen LogP contribution is -2.49. The Bertz CT molecular complexity index is 1030. The number of ether oxygens (including phenoxy) is 1. The SMILES string of the molecule is COc1cc(N2CCN(C(=O)Cn3nc(CN)c4ncccc43)CC2)ccc1Cl. The van der Waals surface area contributed by atoms with Gasteiger partial charge in [0.25, 0.3) is 0 Å². The predicted octanol–water partition coefficient (Wildman–Crippen LogP) is 1.90. The van der Waals surface area contributed by atoms with Crippen LogP contribution in [0.1, 0.15) is 5.69 Å². The van der Waals surface area contributed by atoms with Crippen LogP contribution in [0.3, 0.4) is 0 Å². The molecule has 2 N–H and O–H groups in total. The Labute approximate surface area is 173 Å². The molecule has 0 radical (unpaired) electrons. The van der Waals surface area contributed by atoms with E-state index < -0.39 is 0 Å². The third kappa shape index (κ3) is 3.86. The molecule has 29 heavy (non-hydrogen) atoms. The Morgan fingerprint density at radius 3 is 2.76 bits per heavy atom. The Morgan fingerprint density at radius 1 is 1.24 bits per heavy atom. The first-order chi connectivity index (χ1) is 14.1. The largest absolute Gasteiger partial charge is 0.495 e.